The Bertz CT molecular complexity index is 128. The van der Waals surface area contributed by atoms with Gasteiger partial charge in [0.15, 0.2) is 0 Å². The van der Waals surface area contributed by atoms with E-state index in [-0.39, 0.29) is 5.97 Å². The van der Waals surface area contributed by atoms with Crippen molar-refractivity contribution in [1.82, 2.24) is 0 Å². The molecule has 0 saturated carbocycles. The van der Waals surface area contributed by atoms with E-state index in [2.05, 4.69) is 27.2 Å². The van der Waals surface area contributed by atoms with Gasteiger partial charge in [-0.3, -0.25) is 4.79 Å². The molecule has 0 aliphatic rings. The van der Waals surface area contributed by atoms with Crippen LogP contribution in [0.2, 0.25) is 0 Å². The fourth-order valence-electron chi connectivity index (χ4n) is 0.117. The Morgan fingerprint density at radius 3 is 2.00 bits per heavy atom. The molecule has 0 atom stereocenters. The lowest BCUT2D eigenvalue weighted by molar-refractivity contribution is -0.135. The monoisotopic (exact) mass is 210 g/mol. The summed E-state index contributed by atoms with van der Waals surface area (Å²) in [5.74, 6) is -0.329. The minimum atomic E-state index is -1.02. The van der Waals surface area contributed by atoms with E-state index in [1.54, 1.807) is 0 Å². The molecule has 0 rings (SSSR count). The van der Waals surface area contributed by atoms with E-state index < -0.39 is 4.88 Å². The third-order valence-electron chi connectivity index (χ3n) is 0.249. The molecule has 0 aliphatic heterocycles. The Hall–Kier alpha value is -0.840. The highest BCUT2D eigenvalue weighted by Crippen LogP contribution is 1.74. The lowest BCUT2D eigenvalue weighted by Gasteiger charge is -1.83. The van der Waals surface area contributed by atoms with E-state index in [0.29, 0.717) is 0 Å². The number of carboxylic acid groups (broad SMARTS) is 1. The van der Waals surface area contributed by atoms with Crippen LogP contribution >= 0.6 is 15.9 Å². The summed E-state index contributed by atoms with van der Waals surface area (Å²) in [5.41, 5.74) is 0. The molecule has 0 aliphatic carbocycles. The molecular weight excluding hydrogens is 204 g/mol. The minimum absolute atomic E-state index is 0.329. The van der Waals surface area contributed by atoms with Crippen LogP contribution in [0.4, 0.5) is 4.79 Å². The topological polar surface area (TPSA) is 63.6 Å². The molecule has 0 fully saturated rings. The molecule has 5 heteroatoms. The maximum Gasteiger partial charge on any atom is 0.372 e. The highest BCUT2D eigenvalue weighted by atomic mass is 79.9. The van der Waals surface area contributed by atoms with Crippen molar-refractivity contribution in [2.24, 2.45) is 0 Å². The molecule has 0 amide bonds. The highest BCUT2D eigenvalue weighted by molar-refractivity contribution is 9.18. The minimum Gasteiger partial charge on any atom is -0.473 e. The fraction of sp³-hybridized carbons (Fsp3) is 0.200. The van der Waals surface area contributed by atoms with Crippen LogP contribution in [-0.2, 0) is 9.53 Å². The first-order chi connectivity index (χ1) is 4.50. The number of esters is 1. The van der Waals surface area contributed by atoms with Crippen molar-refractivity contribution >= 4 is 26.8 Å². The van der Waals surface area contributed by atoms with E-state index in [9.17, 15) is 4.79 Å². The quantitative estimate of drug-likeness (QED) is 0.407. The number of rotatable bonds is 1. The van der Waals surface area contributed by atoms with Gasteiger partial charge in [-0.05, 0) is 0 Å². The number of hydrogen-bond acceptors (Lipinski definition) is 3. The standard InChI is InChI=1S/C4H6O2.CHBrO2/c1-3-6-4(2)5;2-1(3)4/h3H,1H2,2H3;(H,3,4). The van der Waals surface area contributed by atoms with Crippen molar-refractivity contribution in [3.63, 3.8) is 0 Å². The van der Waals surface area contributed by atoms with Gasteiger partial charge in [-0.15, -0.1) is 0 Å². The van der Waals surface area contributed by atoms with Crippen molar-refractivity contribution in [3.8, 4) is 0 Å². The van der Waals surface area contributed by atoms with Crippen LogP contribution in [0.3, 0.4) is 0 Å². The SMILES string of the molecule is C=COC(C)=O.O=C(O)Br. The summed E-state index contributed by atoms with van der Waals surface area (Å²) >= 11 is 2.19. The van der Waals surface area contributed by atoms with Gasteiger partial charge >= 0.3 is 10.8 Å². The van der Waals surface area contributed by atoms with Crippen LogP contribution in [-0.4, -0.2) is 16.0 Å². The number of halogens is 1. The van der Waals surface area contributed by atoms with Crippen molar-refractivity contribution in [1.29, 1.82) is 0 Å². The molecule has 0 heterocycles. The van der Waals surface area contributed by atoms with Gasteiger partial charge in [0, 0.05) is 22.9 Å². The van der Waals surface area contributed by atoms with E-state index in [1.165, 1.54) is 6.92 Å². The summed E-state index contributed by atoms with van der Waals surface area (Å²) in [6.07, 6.45) is 1.10. The molecule has 0 aromatic carbocycles. The van der Waals surface area contributed by atoms with Crippen molar-refractivity contribution in [2.45, 2.75) is 6.92 Å². The van der Waals surface area contributed by atoms with E-state index in [1.807, 2.05) is 0 Å². The number of carbonyl (C=O) groups is 2. The average Bonchev–Trinajstić information content (AvgIpc) is 1.62. The zero-order valence-electron chi connectivity index (χ0n) is 5.33. The lowest BCUT2D eigenvalue weighted by atomic mass is 10.8. The second-order valence-electron chi connectivity index (χ2n) is 1.03. The van der Waals surface area contributed by atoms with Crippen LogP contribution < -0.4 is 0 Å². The van der Waals surface area contributed by atoms with E-state index >= 15 is 0 Å². The molecule has 0 spiro atoms. The Kier molecular flexibility index (Phi) is 9.71. The number of carbonyl (C=O) groups excluding carboxylic acids is 1. The van der Waals surface area contributed by atoms with Crippen molar-refractivity contribution in [2.75, 3.05) is 0 Å². The first-order valence-electron chi connectivity index (χ1n) is 2.17. The van der Waals surface area contributed by atoms with Crippen LogP contribution in [0.25, 0.3) is 0 Å². The van der Waals surface area contributed by atoms with Crippen LogP contribution in [0.5, 0.6) is 0 Å². The average molecular weight is 211 g/mol. The lowest BCUT2D eigenvalue weighted by Crippen LogP contribution is -1.87. The normalized spacial score (nSPS) is 6.60. The zero-order chi connectivity index (χ0) is 8.57. The molecule has 58 valence electrons. The molecule has 0 radical (unpaired) electrons. The van der Waals surface area contributed by atoms with E-state index in [4.69, 9.17) is 9.90 Å². The molecule has 0 aromatic heterocycles. The molecule has 0 bridgehead atoms. The summed E-state index contributed by atoms with van der Waals surface area (Å²) < 4.78 is 4.17. The third kappa shape index (κ3) is 58.2. The summed E-state index contributed by atoms with van der Waals surface area (Å²) in [6, 6.07) is 0. The fourth-order valence-corrected chi connectivity index (χ4v) is 0.117. The van der Waals surface area contributed by atoms with Gasteiger partial charge in [-0.2, -0.15) is 0 Å². The Labute approximate surface area is 66.6 Å². The summed E-state index contributed by atoms with van der Waals surface area (Å²) in [4.78, 5) is 17.6. The van der Waals surface area contributed by atoms with Gasteiger partial charge in [0.2, 0.25) is 0 Å². The maximum atomic E-state index is 9.75. The predicted octanol–water partition coefficient (Wildman–Crippen LogP) is 1.75. The predicted molar refractivity (Wildman–Crippen MR) is 38.9 cm³/mol. The van der Waals surface area contributed by atoms with Crippen molar-refractivity contribution < 1.29 is 19.4 Å². The Morgan fingerprint density at radius 1 is 1.70 bits per heavy atom. The first kappa shape index (κ1) is 11.9. The second kappa shape index (κ2) is 8.16. The summed E-state index contributed by atoms with van der Waals surface area (Å²) in [5, 5.41) is 7.33. The van der Waals surface area contributed by atoms with Gasteiger partial charge in [0.25, 0.3) is 0 Å². The van der Waals surface area contributed by atoms with E-state index in [0.717, 1.165) is 6.26 Å². The third-order valence-corrected chi connectivity index (χ3v) is 0.249. The van der Waals surface area contributed by atoms with Gasteiger partial charge < -0.3 is 9.84 Å². The van der Waals surface area contributed by atoms with Gasteiger partial charge in [-0.25, -0.2) is 4.79 Å². The zero-order valence-corrected chi connectivity index (χ0v) is 6.92. The summed E-state index contributed by atoms with van der Waals surface area (Å²) in [7, 11) is 0. The van der Waals surface area contributed by atoms with Crippen molar-refractivity contribution in [3.05, 3.63) is 12.8 Å². The highest BCUT2D eigenvalue weighted by Gasteiger charge is 1.79. The van der Waals surface area contributed by atoms with Gasteiger partial charge in [0.05, 0.1) is 6.26 Å². The van der Waals surface area contributed by atoms with Crippen LogP contribution in [0, 0.1) is 0 Å². The van der Waals surface area contributed by atoms with Crippen LogP contribution in [0.15, 0.2) is 12.8 Å². The molecule has 0 unspecified atom stereocenters. The second-order valence-corrected chi connectivity index (χ2v) is 1.71. The molecule has 0 aromatic rings. The molecular formula is C5H7BrO4. The molecule has 4 nitrogen and oxygen atoms in total. The summed E-state index contributed by atoms with van der Waals surface area (Å²) in [6.45, 7) is 4.48. The number of hydrogen-bond donors (Lipinski definition) is 1. The Balaban J connectivity index is 0. The molecule has 0 saturated heterocycles. The smallest absolute Gasteiger partial charge is 0.372 e. The first-order valence-corrected chi connectivity index (χ1v) is 2.96. The van der Waals surface area contributed by atoms with Gasteiger partial charge in [-0.1, -0.05) is 6.58 Å². The van der Waals surface area contributed by atoms with Crippen LogP contribution in [0.1, 0.15) is 6.92 Å². The maximum absolute atomic E-state index is 9.75. The molecule has 1 N–H and O–H groups in total. The Morgan fingerprint density at radius 2 is 2.00 bits per heavy atom. The molecule has 10 heavy (non-hydrogen) atoms. The number of ether oxygens (including phenoxy) is 1. The van der Waals surface area contributed by atoms with Gasteiger partial charge in [0.1, 0.15) is 0 Å². The largest absolute Gasteiger partial charge is 0.473 e.